The summed E-state index contributed by atoms with van der Waals surface area (Å²) in [6.07, 6.45) is 7.17. The van der Waals surface area contributed by atoms with E-state index in [2.05, 4.69) is 25.5 Å². The van der Waals surface area contributed by atoms with Gasteiger partial charge in [-0.1, -0.05) is 18.2 Å². The molecular weight excluding hydrogens is 378 g/mol. The van der Waals surface area contributed by atoms with Gasteiger partial charge in [0, 0.05) is 56.4 Å². The van der Waals surface area contributed by atoms with Gasteiger partial charge < -0.3 is 15.5 Å². The van der Waals surface area contributed by atoms with E-state index in [9.17, 15) is 4.79 Å². The average Bonchev–Trinajstić information content (AvgIpc) is 2.80. The third-order valence-electron chi connectivity index (χ3n) is 4.98. The van der Waals surface area contributed by atoms with E-state index >= 15 is 0 Å². The number of carbonyl (C=O) groups excluding carboxylic acids is 1. The van der Waals surface area contributed by atoms with Crippen LogP contribution in [0, 0.1) is 11.5 Å². The molecule has 1 amide bonds. The largest absolute Gasteiger partial charge is 0.355 e. The summed E-state index contributed by atoms with van der Waals surface area (Å²) >= 11 is 0. The Kier molecular flexibility index (Phi) is 8.18. The molecule has 0 bridgehead atoms. The van der Waals surface area contributed by atoms with E-state index in [1.54, 1.807) is 12.4 Å². The number of unbranched alkanes of at least 4 members (excludes halogenated alkanes) is 1. The first kappa shape index (κ1) is 21.3. The molecule has 1 aliphatic heterocycles. The minimum Gasteiger partial charge on any atom is -0.355 e. The highest BCUT2D eigenvalue weighted by molar-refractivity contribution is 5.94. The van der Waals surface area contributed by atoms with Gasteiger partial charge in [0.15, 0.2) is 0 Å². The number of amides is 1. The molecule has 1 aliphatic rings. The fourth-order valence-electron chi connectivity index (χ4n) is 3.34. The summed E-state index contributed by atoms with van der Waals surface area (Å²) in [6.45, 7) is 5.05. The number of anilines is 1. The van der Waals surface area contributed by atoms with Gasteiger partial charge in [0.1, 0.15) is 0 Å². The van der Waals surface area contributed by atoms with Crippen molar-refractivity contribution in [2.24, 2.45) is 4.99 Å². The van der Waals surface area contributed by atoms with E-state index in [4.69, 9.17) is 5.26 Å². The van der Waals surface area contributed by atoms with Crippen LogP contribution in [0.1, 0.15) is 23.2 Å². The Bertz CT molecular complexity index is 856. The third kappa shape index (κ3) is 6.57. The predicted molar refractivity (Wildman–Crippen MR) is 117 cm³/mol. The van der Waals surface area contributed by atoms with Crippen LogP contribution in [0.15, 0.2) is 59.9 Å². The van der Waals surface area contributed by atoms with Crippen LogP contribution in [0.4, 0.5) is 5.69 Å². The van der Waals surface area contributed by atoms with Crippen molar-refractivity contribution in [3.63, 3.8) is 0 Å². The summed E-state index contributed by atoms with van der Waals surface area (Å²) in [5.41, 5.74) is 1.58. The van der Waals surface area contributed by atoms with Gasteiger partial charge in [0.2, 0.25) is 12.2 Å². The number of hydrogen-bond donors (Lipinski definition) is 2. The van der Waals surface area contributed by atoms with Crippen molar-refractivity contribution in [2.75, 3.05) is 44.6 Å². The molecule has 30 heavy (non-hydrogen) atoms. The number of carbonyl (C=O) groups is 1. The second-order valence-electron chi connectivity index (χ2n) is 7.06. The number of rotatable bonds is 7. The molecular formula is C22H27N7O. The zero-order valence-electron chi connectivity index (χ0n) is 17.0. The normalized spacial score (nSPS) is 14.8. The Labute approximate surface area is 177 Å². The van der Waals surface area contributed by atoms with Crippen LogP contribution in [0.5, 0.6) is 0 Å². The summed E-state index contributed by atoms with van der Waals surface area (Å²) < 4.78 is 0. The summed E-state index contributed by atoms with van der Waals surface area (Å²) in [5.74, 6) is 0.558. The molecule has 1 fully saturated rings. The number of guanidine groups is 1. The van der Waals surface area contributed by atoms with Crippen molar-refractivity contribution in [3.8, 4) is 6.19 Å². The van der Waals surface area contributed by atoms with E-state index in [1.807, 2.05) is 53.6 Å². The second kappa shape index (κ2) is 11.5. The predicted octanol–water partition coefficient (Wildman–Crippen LogP) is 2.16. The molecule has 2 heterocycles. The summed E-state index contributed by atoms with van der Waals surface area (Å²) in [4.78, 5) is 24.6. The molecule has 2 aromatic rings. The monoisotopic (exact) mass is 405 g/mol. The van der Waals surface area contributed by atoms with Crippen molar-refractivity contribution in [3.05, 3.63) is 60.4 Å². The molecule has 0 unspecified atom stereocenters. The molecule has 2 N–H and O–H groups in total. The zero-order chi connectivity index (χ0) is 21.0. The molecule has 0 saturated carbocycles. The molecule has 1 aromatic heterocycles. The first-order valence-corrected chi connectivity index (χ1v) is 10.2. The zero-order valence-corrected chi connectivity index (χ0v) is 17.0. The average molecular weight is 406 g/mol. The van der Waals surface area contributed by atoms with E-state index in [0.29, 0.717) is 5.96 Å². The van der Waals surface area contributed by atoms with Gasteiger partial charge in [-0.3, -0.25) is 14.7 Å². The van der Waals surface area contributed by atoms with Crippen LogP contribution in [-0.2, 0) is 0 Å². The molecule has 8 heteroatoms. The maximum atomic E-state index is 12.5. The number of benzene rings is 1. The Morgan fingerprint density at radius 3 is 2.50 bits per heavy atom. The number of nitriles is 1. The Hall–Kier alpha value is -3.44. The minimum atomic E-state index is 0.116. The van der Waals surface area contributed by atoms with Crippen molar-refractivity contribution in [1.29, 1.82) is 5.26 Å². The van der Waals surface area contributed by atoms with Gasteiger partial charge in [0.05, 0.1) is 0 Å². The fourth-order valence-corrected chi connectivity index (χ4v) is 3.34. The van der Waals surface area contributed by atoms with Gasteiger partial charge in [-0.05, 0) is 43.7 Å². The van der Waals surface area contributed by atoms with E-state index in [0.717, 1.165) is 63.4 Å². The lowest BCUT2D eigenvalue weighted by molar-refractivity contribution is 0.0635. The van der Waals surface area contributed by atoms with E-state index in [1.165, 1.54) is 0 Å². The molecule has 8 nitrogen and oxygen atoms in total. The smallest absolute Gasteiger partial charge is 0.253 e. The van der Waals surface area contributed by atoms with Crippen LogP contribution < -0.4 is 10.6 Å². The maximum Gasteiger partial charge on any atom is 0.253 e. The van der Waals surface area contributed by atoms with E-state index < -0.39 is 0 Å². The minimum absolute atomic E-state index is 0.116. The quantitative estimate of drug-likeness (QED) is 0.317. The van der Waals surface area contributed by atoms with Gasteiger partial charge in [0.25, 0.3) is 5.91 Å². The van der Waals surface area contributed by atoms with Crippen molar-refractivity contribution < 1.29 is 4.79 Å². The summed E-state index contributed by atoms with van der Waals surface area (Å²) in [7, 11) is 0. The topological polar surface area (TPSA) is 96.7 Å². The van der Waals surface area contributed by atoms with Crippen molar-refractivity contribution >= 4 is 17.6 Å². The number of nitrogens with zero attached hydrogens (tertiary/aromatic N) is 5. The Balaban J connectivity index is 1.32. The highest BCUT2D eigenvalue weighted by atomic mass is 16.2. The molecule has 0 spiro atoms. The second-order valence-corrected chi connectivity index (χ2v) is 7.06. The van der Waals surface area contributed by atoms with Crippen molar-refractivity contribution in [1.82, 2.24) is 20.1 Å². The molecule has 1 saturated heterocycles. The highest BCUT2D eigenvalue weighted by Gasteiger charge is 2.21. The molecule has 3 rings (SSSR count). The maximum absolute atomic E-state index is 12.5. The fraction of sp³-hybridized carbons (Fsp3) is 0.364. The van der Waals surface area contributed by atoms with Gasteiger partial charge >= 0.3 is 0 Å². The highest BCUT2D eigenvalue weighted by Crippen LogP contribution is 2.09. The third-order valence-corrected chi connectivity index (χ3v) is 4.98. The Morgan fingerprint density at radius 1 is 1.07 bits per heavy atom. The first-order chi connectivity index (χ1) is 14.8. The lowest BCUT2D eigenvalue weighted by Crippen LogP contribution is -2.48. The van der Waals surface area contributed by atoms with Crippen LogP contribution >= 0.6 is 0 Å². The lowest BCUT2D eigenvalue weighted by Gasteiger charge is -2.34. The van der Waals surface area contributed by atoms with Crippen molar-refractivity contribution in [2.45, 2.75) is 12.8 Å². The Morgan fingerprint density at radius 2 is 1.80 bits per heavy atom. The van der Waals surface area contributed by atoms with Gasteiger partial charge in [-0.25, -0.2) is 0 Å². The van der Waals surface area contributed by atoms with E-state index in [-0.39, 0.29) is 5.91 Å². The molecule has 0 atom stereocenters. The van der Waals surface area contributed by atoms with Crippen LogP contribution in [0.2, 0.25) is 0 Å². The number of aromatic nitrogens is 1. The number of hydrogen-bond acceptors (Lipinski definition) is 5. The first-order valence-electron chi connectivity index (χ1n) is 10.2. The molecule has 0 radical (unpaired) electrons. The molecule has 1 aromatic carbocycles. The van der Waals surface area contributed by atoms with Gasteiger partial charge in [-0.2, -0.15) is 5.26 Å². The molecule has 0 aliphatic carbocycles. The number of aliphatic imine (C=N–C) groups is 1. The summed E-state index contributed by atoms with van der Waals surface area (Å²) in [6, 6.07) is 13.1. The number of pyridine rings is 1. The standard InChI is InChI=1S/C22H27N7O/c23-18-26-22(27-20-8-11-24-12-9-20)25-10-4-5-13-28-14-16-29(17-15-28)21(30)19-6-2-1-3-7-19/h1-3,6-9,11-12H,4-5,10,13-17H2,(H2,24,25,26,27). The number of piperazine rings is 1. The van der Waals surface area contributed by atoms with Gasteiger partial charge in [-0.15, -0.1) is 4.99 Å². The van der Waals surface area contributed by atoms with Crippen LogP contribution in [0.3, 0.4) is 0 Å². The summed E-state index contributed by atoms with van der Waals surface area (Å²) in [5, 5.41) is 15.1. The van der Waals surface area contributed by atoms with Crippen LogP contribution in [0.25, 0.3) is 0 Å². The lowest BCUT2D eigenvalue weighted by atomic mass is 10.2. The molecule has 156 valence electrons. The van der Waals surface area contributed by atoms with Crippen LogP contribution in [-0.4, -0.2) is 65.9 Å². The SMILES string of the molecule is N#C/N=C(\NCCCCN1CCN(C(=O)c2ccccc2)CC1)Nc1ccncc1. The number of nitrogens with one attached hydrogen (secondary N) is 2.